The summed E-state index contributed by atoms with van der Waals surface area (Å²) in [6.07, 6.45) is -2.64. The Morgan fingerprint density at radius 2 is 1.96 bits per heavy atom. The Bertz CT molecular complexity index is 661. The van der Waals surface area contributed by atoms with E-state index in [1.165, 1.54) is 18.2 Å². The van der Waals surface area contributed by atoms with Crippen LogP contribution in [0.1, 0.15) is 25.3 Å². The number of unbranched alkanes of at least 4 members (excludes halogenated alkanes) is 1. The van der Waals surface area contributed by atoms with Crippen LogP contribution in [-0.2, 0) is 6.18 Å². The predicted molar refractivity (Wildman–Crippen MR) is 77.1 cm³/mol. The molecule has 0 bridgehead atoms. The van der Waals surface area contributed by atoms with Crippen LogP contribution in [0.4, 0.5) is 29.2 Å². The molecular weight excluding hydrogens is 314 g/mol. The van der Waals surface area contributed by atoms with Crippen molar-refractivity contribution < 1.29 is 22.3 Å². The van der Waals surface area contributed by atoms with Crippen LogP contribution in [0, 0.1) is 5.82 Å². The van der Waals surface area contributed by atoms with E-state index in [0.29, 0.717) is 12.6 Å². The molecule has 1 aromatic carbocycles. The standard InChI is InChI=1S/C15H15F4N3O/c1-2-3-8-23-13-10(15(17,18)19)9-20-14(22-13)21-12-7-5-4-6-11(12)16/h4-7,9H,2-3,8H2,1H3,(H,20,21,22). The molecule has 0 spiro atoms. The minimum Gasteiger partial charge on any atom is -0.477 e. The summed E-state index contributed by atoms with van der Waals surface area (Å²) in [7, 11) is 0. The van der Waals surface area contributed by atoms with Crippen molar-refractivity contribution in [3.8, 4) is 5.88 Å². The maximum Gasteiger partial charge on any atom is 0.423 e. The summed E-state index contributed by atoms with van der Waals surface area (Å²) in [5.41, 5.74) is -1.00. The lowest BCUT2D eigenvalue weighted by Crippen LogP contribution is -2.13. The normalized spacial score (nSPS) is 11.3. The molecule has 8 heteroatoms. The van der Waals surface area contributed by atoms with E-state index in [9.17, 15) is 17.6 Å². The Morgan fingerprint density at radius 3 is 2.61 bits per heavy atom. The lowest BCUT2D eigenvalue weighted by atomic mass is 10.3. The summed E-state index contributed by atoms with van der Waals surface area (Å²) in [6, 6.07) is 5.71. The molecule has 0 radical (unpaired) electrons. The van der Waals surface area contributed by atoms with Gasteiger partial charge in [-0.25, -0.2) is 9.37 Å². The average molecular weight is 329 g/mol. The first-order chi connectivity index (χ1) is 10.9. The van der Waals surface area contributed by atoms with Crippen molar-refractivity contribution in [3.63, 3.8) is 0 Å². The summed E-state index contributed by atoms with van der Waals surface area (Å²) in [5, 5.41) is 2.54. The van der Waals surface area contributed by atoms with E-state index in [2.05, 4.69) is 15.3 Å². The van der Waals surface area contributed by atoms with Crippen LogP contribution >= 0.6 is 0 Å². The number of aromatic nitrogens is 2. The molecule has 2 rings (SSSR count). The van der Waals surface area contributed by atoms with Crippen LogP contribution in [0.3, 0.4) is 0 Å². The lowest BCUT2D eigenvalue weighted by molar-refractivity contribution is -0.139. The number of alkyl halides is 3. The molecule has 0 saturated heterocycles. The van der Waals surface area contributed by atoms with Gasteiger partial charge in [0.25, 0.3) is 0 Å². The number of anilines is 2. The van der Waals surface area contributed by atoms with Crippen LogP contribution in [0.25, 0.3) is 0 Å². The molecule has 0 aliphatic heterocycles. The molecule has 4 nitrogen and oxygen atoms in total. The highest BCUT2D eigenvalue weighted by molar-refractivity contribution is 5.54. The van der Waals surface area contributed by atoms with Crippen LogP contribution in [0.2, 0.25) is 0 Å². The van der Waals surface area contributed by atoms with Crippen LogP contribution in [0.5, 0.6) is 5.88 Å². The third kappa shape index (κ3) is 4.54. The Labute approximate surface area is 130 Å². The Balaban J connectivity index is 2.28. The summed E-state index contributed by atoms with van der Waals surface area (Å²) >= 11 is 0. The third-order valence-corrected chi connectivity index (χ3v) is 2.92. The molecule has 0 saturated carbocycles. The topological polar surface area (TPSA) is 47.0 Å². The zero-order valence-electron chi connectivity index (χ0n) is 12.3. The minimum absolute atomic E-state index is 0.0618. The zero-order chi connectivity index (χ0) is 16.9. The first-order valence-electron chi connectivity index (χ1n) is 7.00. The van der Waals surface area contributed by atoms with E-state index < -0.39 is 23.4 Å². The van der Waals surface area contributed by atoms with Crippen molar-refractivity contribution in [2.75, 3.05) is 11.9 Å². The van der Waals surface area contributed by atoms with E-state index in [0.717, 1.165) is 6.42 Å². The summed E-state index contributed by atoms with van der Waals surface area (Å²) in [6.45, 7) is 1.99. The van der Waals surface area contributed by atoms with Gasteiger partial charge in [0.2, 0.25) is 11.8 Å². The number of hydrogen-bond donors (Lipinski definition) is 1. The Hall–Kier alpha value is -2.38. The number of nitrogens with one attached hydrogen (secondary N) is 1. The first kappa shape index (κ1) is 17.0. The van der Waals surface area contributed by atoms with Crippen LogP contribution in [0.15, 0.2) is 30.5 Å². The minimum atomic E-state index is -4.63. The smallest absolute Gasteiger partial charge is 0.423 e. The van der Waals surface area contributed by atoms with Crippen molar-refractivity contribution >= 4 is 11.6 Å². The first-order valence-corrected chi connectivity index (χ1v) is 7.00. The fourth-order valence-electron chi connectivity index (χ4n) is 1.73. The van der Waals surface area contributed by atoms with Crippen LogP contribution < -0.4 is 10.1 Å². The Kier molecular flexibility index (Phi) is 5.36. The number of rotatable bonds is 6. The van der Waals surface area contributed by atoms with Gasteiger partial charge in [-0.05, 0) is 18.6 Å². The highest BCUT2D eigenvalue weighted by Gasteiger charge is 2.36. The SMILES string of the molecule is CCCCOc1nc(Nc2ccccc2F)ncc1C(F)(F)F. The van der Waals surface area contributed by atoms with Gasteiger partial charge in [-0.15, -0.1) is 0 Å². The van der Waals surface area contributed by atoms with Crippen LogP contribution in [-0.4, -0.2) is 16.6 Å². The molecule has 1 N–H and O–H groups in total. The largest absolute Gasteiger partial charge is 0.477 e. The molecule has 0 aliphatic carbocycles. The quantitative estimate of drug-likeness (QED) is 0.623. The highest BCUT2D eigenvalue weighted by Crippen LogP contribution is 2.35. The van der Waals surface area contributed by atoms with E-state index in [4.69, 9.17) is 4.74 Å². The fourth-order valence-corrected chi connectivity index (χ4v) is 1.73. The average Bonchev–Trinajstić information content (AvgIpc) is 2.49. The molecule has 0 amide bonds. The molecule has 0 unspecified atom stereocenters. The maximum absolute atomic E-state index is 13.6. The summed E-state index contributed by atoms with van der Waals surface area (Å²) < 4.78 is 57.5. The second kappa shape index (κ2) is 7.26. The maximum atomic E-state index is 13.6. The number of nitrogens with zero attached hydrogens (tertiary/aromatic N) is 2. The number of halogens is 4. The number of benzene rings is 1. The van der Waals surface area contributed by atoms with E-state index in [-0.39, 0.29) is 18.2 Å². The number of para-hydroxylation sites is 1. The van der Waals surface area contributed by atoms with Crippen molar-refractivity contribution in [1.82, 2.24) is 9.97 Å². The predicted octanol–water partition coefficient (Wildman–Crippen LogP) is 4.56. The molecule has 124 valence electrons. The second-order valence-corrected chi connectivity index (χ2v) is 4.72. The third-order valence-electron chi connectivity index (χ3n) is 2.92. The Morgan fingerprint density at radius 1 is 1.22 bits per heavy atom. The van der Waals surface area contributed by atoms with Gasteiger partial charge in [0.05, 0.1) is 12.3 Å². The van der Waals surface area contributed by atoms with Gasteiger partial charge in [0.15, 0.2) is 0 Å². The fraction of sp³-hybridized carbons (Fsp3) is 0.333. The van der Waals surface area contributed by atoms with Crippen molar-refractivity contribution in [1.29, 1.82) is 0 Å². The van der Waals surface area contributed by atoms with E-state index in [1.54, 1.807) is 6.07 Å². The molecule has 0 fully saturated rings. The van der Waals surface area contributed by atoms with Gasteiger partial charge in [-0.1, -0.05) is 25.5 Å². The second-order valence-electron chi connectivity index (χ2n) is 4.72. The van der Waals surface area contributed by atoms with Gasteiger partial charge in [-0.2, -0.15) is 18.2 Å². The number of ether oxygens (including phenoxy) is 1. The van der Waals surface area contributed by atoms with Gasteiger partial charge in [0, 0.05) is 6.20 Å². The van der Waals surface area contributed by atoms with Gasteiger partial charge >= 0.3 is 6.18 Å². The molecule has 0 atom stereocenters. The molecule has 1 heterocycles. The zero-order valence-corrected chi connectivity index (χ0v) is 12.3. The van der Waals surface area contributed by atoms with E-state index >= 15 is 0 Å². The number of hydrogen-bond acceptors (Lipinski definition) is 4. The summed E-state index contributed by atoms with van der Waals surface area (Å²) in [4.78, 5) is 7.30. The van der Waals surface area contributed by atoms with Gasteiger partial charge in [0.1, 0.15) is 11.4 Å². The molecule has 2 aromatic rings. The van der Waals surface area contributed by atoms with Crippen molar-refractivity contribution in [2.24, 2.45) is 0 Å². The van der Waals surface area contributed by atoms with Gasteiger partial charge < -0.3 is 10.1 Å². The molecule has 0 aliphatic rings. The summed E-state index contributed by atoms with van der Waals surface area (Å²) in [5.74, 6) is -1.31. The van der Waals surface area contributed by atoms with Gasteiger partial charge in [-0.3, -0.25) is 0 Å². The lowest BCUT2D eigenvalue weighted by Gasteiger charge is -2.14. The monoisotopic (exact) mass is 329 g/mol. The highest BCUT2D eigenvalue weighted by atomic mass is 19.4. The molecular formula is C15H15F4N3O. The van der Waals surface area contributed by atoms with E-state index in [1.807, 2.05) is 6.92 Å². The van der Waals surface area contributed by atoms with Crippen molar-refractivity contribution in [2.45, 2.75) is 25.9 Å². The van der Waals surface area contributed by atoms with Crippen molar-refractivity contribution in [3.05, 3.63) is 41.8 Å². The molecule has 1 aromatic heterocycles. The molecule has 23 heavy (non-hydrogen) atoms.